The lowest BCUT2D eigenvalue weighted by Gasteiger charge is -2.36. The van der Waals surface area contributed by atoms with Crippen LogP contribution in [0.25, 0.3) is 0 Å². The van der Waals surface area contributed by atoms with Gasteiger partial charge in [0.2, 0.25) is 0 Å². The molecule has 0 radical (unpaired) electrons. The van der Waals surface area contributed by atoms with Crippen LogP contribution in [0.3, 0.4) is 0 Å². The minimum Gasteiger partial charge on any atom is -0.359 e. The second-order valence-electron chi connectivity index (χ2n) is 7.95. The first kappa shape index (κ1) is 16.7. The van der Waals surface area contributed by atoms with Crippen LogP contribution < -0.4 is 5.32 Å². The van der Waals surface area contributed by atoms with Crippen molar-refractivity contribution in [3.8, 4) is 0 Å². The van der Waals surface area contributed by atoms with Crippen LogP contribution in [0.2, 0.25) is 0 Å². The van der Waals surface area contributed by atoms with Gasteiger partial charge in [-0.3, -0.25) is 4.99 Å². The smallest absolute Gasteiger partial charge is 0.156 e. The van der Waals surface area contributed by atoms with Gasteiger partial charge in [-0.1, -0.05) is 44.9 Å². The highest BCUT2D eigenvalue weighted by Gasteiger charge is 2.45. The van der Waals surface area contributed by atoms with Crippen molar-refractivity contribution in [2.75, 3.05) is 6.26 Å². The molecule has 0 spiro atoms. The van der Waals surface area contributed by atoms with Crippen LogP contribution in [0, 0.1) is 17.8 Å². The summed E-state index contributed by atoms with van der Waals surface area (Å²) in [6, 6.07) is 0.564. The Morgan fingerprint density at radius 1 is 1.09 bits per heavy atom. The summed E-state index contributed by atoms with van der Waals surface area (Å²) in [5.74, 6) is 2.61. The molecule has 0 aliphatic heterocycles. The number of hydrogen-bond acceptors (Lipinski definition) is 2. The standard InChI is InChI=1S/C19H34N2S/c1-4-15-7-6-8-16(5-2)17(15)20-18(22-3)21-19-11-9-14(13-19)10-12-19/h14-17H,4-13H2,1-3H3,(H,20,21). The molecule has 2 atom stereocenters. The van der Waals surface area contributed by atoms with Crippen LogP contribution in [0.4, 0.5) is 0 Å². The normalized spacial score (nSPS) is 41.9. The summed E-state index contributed by atoms with van der Waals surface area (Å²) in [5, 5.41) is 5.16. The molecule has 0 aromatic carbocycles. The fourth-order valence-electron chi connectivity index (χ4n) is 5.34. The Balaban J connectivity index is 1.73. The summed E-state index contributed by atoms with van der Waals surface area (Å²) >= 11 is 1.85. The molecule has 2 bridgehead atoms. The number of nitrogens with zero attached hydrogens (tertiary/aromatic N) is 1. The molecule has 3 saturated carbocycles. The van der Waals surface area contributed by atoms with E-state index in [0.29, 0.717) is 11.6 Å². The molecule has 1 N–H and O–H groups in total. The summed E-state index contributed by atoms with van der Waals surface area (Å²) in [5.41, 5.74) is 0.407. The van der Waals surface area contributed by atoms with Crippen molar-refractivity contribution in [1.82, 2.24) is 5.32 Å². The van der Waals surface area contributed by atoms with Gasteiger partial charge in [0, 0.05) is 5.54 Å². The predicted octanol–water partition coefficient (Wildman–Crippen LogP) is 5.23. The van der Waals surface area contributed by atoms with Crippen LogP contribution in [-0.2, 0) is 0 Å². The lowest BCUT2D eigenvalue weighted by molar-refractivity contribution is 0.211. The number of aliphatic imine (C=N–C) groups is 1. The van der Waals surface area contributed by atoms with E-state index in [4.69, 9.17) is 4.99 Å². The minimum absolute atomic E-state index is 0.407. The van der Waals surface area contributed by atoms with E-state index in [0.717, 1.165) is 17.8 Å². The van der Waals surface area contributed by atoms with E-state index >= 15 is 0 Å². The lowest BCUT2D eigenvalue weighted by atomic mass is 9.75. The van der Waals surface area contributed by atoms with Gasteiger partial charge < -0.3 is 5.32 Å². The molecule has 0 heterocycles. The second kappa shape index (κ2) is 7.15. The van der Waals surface area contributed by atoms with E-state index in [1.807, 2.05) is 11.8 Å². The monoisotopic (exact) mass is 322 g/mol. The third kappa shape index (κ3) is 3.34. The highest BCUT2D eigenvalue weighted by molar-refractivity contribution is 8.13. The zero-order valence-electron chi connectivity index (χ0n) is 14.7. The quantitative estimate of drug-likeness (QED) is 0.566. The Kier molecular flexibility index (Phi) is 5.42. The maximum absolute atomic E-state index is 5.30. The zero-order valence-corrected chi connectivity index (χ0v) is 15.6. The Labute approximate surface area is 141 Å². The van der Waals surface area contributed by atoms with Crippen LogP contribution >= 0.6 is 11.8 Å². The molecule has 0 aromatic rings. The molecule has 3 heteroatoms. The molecule has 3 fully saturated rings. The number of amidine groups is 1. The van der Waals surface area contributed by atoms with E-state index in [1.165, 1.54) is 69.4 Å². The maximum Gasteiger partial charge on any atom is 0.156 e. The summed E-state index contributed by atoms with van der Waals surface area (Å²) < 4.78 is 0. The largest absolute Gasteiger partial charge is 0.359 e. The third-order valence-corrected chi connectivity index (χ3v) is 7.33. The number of thioether (sulfide) groups is 1. The van der Waals surface area contributed by atoms with Gasteiger partial charge in [-0.25, -0.2) is 0 Å². The average molecular weight is 323 g/mol. The molecular weight excluding hydrogens is 288 g/mol. The lowest BCUT2D eigenvalue weighted by Crippen LogP contribution is -2.45. The van der Waals surface area contributed by atoms with E-state index in [-0.39, 0.29) is 0 Å². The zero-order chi connectivity index (χ0) is 15.6. The van der Waals surface area contributed by atoms with Crippen molar-refractivity contribution in [3.05, 3.63) is 0 Å². The Morgan fingerprint density at radius 2 is 1.73 bits per heavy atom. The Bertz CT molecular complexity index is 386. The van der Waals surface area contributed by atoms with Crippen molar-refractivity contribution in [3.63, 3.8) is 0 Å². The van der Waals surface area contributed by atoms with Gasteiger partial charge in [0.1, 0.15) is 0 Å². The van der Waals surface area contributed by atoms with E-state index < -0.39 is 0 Å². The molecule has 126 valence electrons. The van der Waals surface area contributed by atoms with Gasteiger partial charge in [-0.15, -0.1) is 0 Å². The van der Waals surface area contributed by atoms with Gasteiger partial charge in [-0.05, 0) is 69.0 Å². The highest BCUT2D eigenvalue weighted by atomic mass is 32.2. The van der Waals surface area contributed by atoms with Crippen molar-refractivity contribution < 1.29 is 0 Å². The SMILES string of the molecule is CCC1CCCC(CC)C1N=C(NC12CCC(CC1)C2)SC. The average Bonchev–Trinajstić information content (AvgIpc) is 3.14. The topological polar surface area (TPSA) is 24.4 Å². The number of rotatable bonds is 4. The van der Waals surface area contributed by atoms with Crippen LogP contribution in [-0.4, -0.2) is 23.0 Å². The molecule has 3 aliphatic rings. The summed E-state index contributed by atoms with van der Waals surface area (Å²) in [6.07, 6.45) is 16.0. The summed E-state index contributed by atoms with van der Waals surface area (Å²) in [4.78, 5) is 5.30. The molecule has 0 aromatic heterocycles. The minimum atomic E-state index is 0.407. The molecule has 0 saturated heterocycles. The van der Waals surface area contributed by atoms with Gasteiger partial charge >= 0.3 is 0 Å². The van der Waals surface area contributed by atoms with Crippen LogP contribution in [0.5, 0.6) is 0 Å². The summed E-state index contributed by atoms with van der Waals surface area (Å²) in [7, 11) is 0. The molecule has 0 amide bonds. The molecule has 3 aliphatic carbocycles. The molecule has 3 rings (SSSR count). The number of fused-ring (bicyclic) bond motifs is 2. The fraction of sp³-hybridized carbons (Fsp3) is 0.947. The third-order valence-electron chi connectivity index (χ3n) is 6.74. The molecule has 2 nitrogen and oxygen atoms in total. The van der Waals surface area contributed by atoms with Gasteiger partial charge in [0.25, 0.3) is 0 Å². The van der Waals surface area contributed by atoms with Crippen molar-refractivity contribution >= 4 is 16.9 Å². The van der Waals surface area contributed by atoms with Crippen molar-refractivity contribution in [1.29, 1.82) is 0 Å². The Morgan fingerprint density at radius 3 is 2.18 bits per heavy atom. The van der Waals surface area contributed by atoms with E-state index in [1.54, 1.807) is 0 Å². The Hall–Kier alpha value is -0.180. The van der Waals surface area contributed by atoms with Gasteiger partial charge in [-0.2, -0.15) is 0 Å². The molecule has 22 heavy (non-hydrogen) atoms. The van der Waals surface area contributed by atoms with Gasteiger partial charge in [0.15, 0.2) is 5.17 Å². The predicted molar refractivity (Wildman–Crippen MR) is 98.6 cm³/mol. The maximum atomic E-state index is 5.30. The fourth-order valence-corrected chi connectivity index (χ4v) is 5.88. The van der Waals surface area contributed by atoms with Crippen LogP contribution in [0.15, 0.2) is 4.99 Å². The highest BCUT2D eigenvalue weighted by Crippen LogP contribution is 2.48. The van der Waals surface area contributed by atoms with Crippen molar-refractivity contribution in [2.24, 2.45) is 22.7 Å². The van der Waals surface area contributed by atoms with E-state index in [9.17, 15) is 0 Å². The number of nitrogens with one attached hydrogen (secondary N) is 1. The van der Waals surface area contributed by atoms with Gasteiger partial charge in [0.05, 0.1) is 6.04 Å². The van der Waals surface area contributed by atoms with E-state index in [2.05, 4.69) is 25.4 Å². The van der Waals surface area contributed by atoms with Crippen molar-refractivity contribution in [2.45, 2.75) is 89.6 Å². The molecule has 2 unspecified atom stereocenters. The van der Waals surface area contributed by atoms with Crippen LogP contribution in [0.1, 0.15) is 78.1 Å². The first-order valence-corrected chi connectivity index (χ1v) is 10.8. The summed E-state index contributed by atoms with van der Waals surface area (Å²) in [6.45, 7) is 4.71. The number of hydrogen-bond donors (Lipinski definition) is 1. The molecular formula is C19H34N2S. The second-order valence-corrected chi connectivity index (χ2v) is 8.74. The first-order valence-electron chi connectivity index (χ1n) is 9.59. The first-order chi connectivity index (χ1) is 10.7.